The van der Waals surface area contributed by atoms with Crippen molar-refractivity contribution in [1.82, 2.24) is 0 Å². The van der Waals surface area contributed by atoms with Crippen molar-refractivity contribution in [3.8, 4) is 0 Å². The number of anilines is 1. The van der Waals surface area contributed by atoms with E-state index in [0.717, 1.165) is 16.7 Å². The van der Waals surface area contributed by atoms with Gasteiger partial charge in [0, 0.05) is 11.0 Å². The lowest BCUT2D eigenvalue weighted by atomic mass is 10.3. The number of halogens is 3. The predicted molar refractivity (Wildman–Crippen MR) is 67.5 cm³/mol. The molecule has 0 aromatic heterocycles. The third-order valence-electron chi connectivity index (χ3n) is 1.68. The zero-order valence-electron chi connectivity index (χ0n) is 7.65. The maximum Gasteiger partial charge on any atom is 0.0835 e. The molecule has 0 atom stereocenters. The van der Waals surface area contributed by atoms with E-state index in [1.165, 1.54) is 0 Å². The summed E-state index contributed by atoms with van der Waals surface area (Å²) in [5, 5.41) is 4.24. The second-order valence-electron chi connectivity index (χ2n) is 2.67. The predicted octanol–water partition coefficient (Wildman–Crippen LogP) is 4.74. The highest BCUT2D eigenvalue weighted by molar-refractivity contribution is 9.10. The van der Waals surface area contributed by atoms with Crippen LogP contribution in [-0.4, -0.2) is 6.54 Å². The standard InChI is InChI=1S/C10H10BrCl2N/c1-2-3-6-14-8-5-4-7(11)9(12)10(8)13/h2-5,14H,6H2,1H3/b3-2+. The summed E-state index contributed by atoms with van der Waals surface area (Å²) < 4.78 is 0.806. The van der Waals surface area contributed by atoms with Gasteiger partial charge in [0.25, 0.3) is 0 Å². The Hall–Kier alpha value is -0.180. The van der Waals surface area contributed by atoms with Gasteiger partial charge in [0.2, 0.25) is 0 Å². The molecule has 0 heterocycles. The lowest BCUT2D eigenvalue weighted by Gasteiger charge is -2.08. The highest BCUT2D eigenvalue weighted by Crippen LogP contribution is 2.35. The number of hydrogen-bond acceptors (Lipinski definition) is 1. The van der Waals surface area contributed by atoms with Gasteiger partial charge in [-0.3, -0.25) is 0 Å². The Bertz CT molecular complexity index is 350. The van der Waals surface area contributed by atoms with Crippen molar-refractivity contribution >= 4 is 44.8 Å². The Kier molecular flexibility index (Phi) is 4.79. The molecule has 1 aromatic carbocycles. The second-order valence-corrected chi connectivity index (χ2v) is 4.28. The van der Waals surface area contributed by atoms with E-state index in [1.807, 2.05) is 31.2 Å². The van der Waals surface area contributed by atoms with Crippen LogP contribution in [-0.2, 0) is 0 Å². The molecule has 0 unspecified atom stereocenters. The maximum absolute atomic E-state index is 6.03. The zero-order chi connectivity index (χ0) is 10.6. The molecule has 0 spiro atoms. The van der Waals surface area contributed by atoms with Gasteiger partial charge in [-0.05, 0) is 35.0 Å². The molecular formula is C10H10BrCl2N. The number of allylic oxidation sites excluding steroid dienone is 1. The summed E-state index contributed by atoms with van der Waals surface area (Å²) in [6, 6.07) is 3.76. The molecule has 0 aliphatic carbocycles. The Balaban J connectivity index is 2.83. The van der Waals surface area contributed by atoms with E-state index in [0.29, 0.717) is 10.0 Å². The first kappa shape index (κ1) is 11.9. The van der Waals surface area contributed by atoms with E-state index in [-0.39, 0.29) is 0 Å². The van der Waals surface area contributed by atoms with E-state index in [9.17, 15) is 0 Å². The van der Waals surface area contributed by atoms with Crippen molar-refractivity contribution in [3.63, 3.8) is 0 Å². The van der Waals surface area contributed by atoms with Crippen LogP contribution in [0.1, 0.15) is 6.92 Å². The van der Waals surface area contributed by atoms with Gasteiger partial charge < -0.3 is 5.32 Å². The van der Waals surface area contributed by atoms with E-state index in [4.69, 9.17) is 23.2 Å². The summed E-state index contributed by atoms with van der Waals surface area (Å²) in [5.74, 6) is 0. The van der Waals surface area contributed by atoms with Gasteiger partial charge in [-0.2, -0.15) is 0 Å². The first-order chi connectivity index (χ1) is 6.66. The van der Waals surface area contributed by atoms with Gasteiger partial charge in [0.1, 0.15) is 0 Å². The van der Waals surface area contributed by atoms with Crippen molar-refractivity contribution in [3.05, 3.63) is 38.8 Å². The van der Waals surface area contributed by atoms with Crippen LogP contribution in [0.25, 0.3) is 0 Å². The molecule has 0 amide bonds. The molecule has 4 heteroatoms. The van der Waals surface area contributed by atoms with Crippen molar-refractivity contribution in [2.24, 2.45) is 0 Å². The van der Waals surface area contributed by atoms with Gasteiger partial charge in [-0.1, -0.05) is 35.4 Å². The van der Waals surface area contributed by atoms with Crippen LogP contribution in [0.3, 0.4) is 0 Å². The van der Waals surface area contributed by atoms with Gasteiger partial charge >= 0.3 is 0 Å². The topological polar surface area (TPSA) is 12.0 Å². The summed E-state index contributed by atoms with van der Waals surface area (Å²) in [6.45, 7) is 2.71. The monoisotopic (exact) mass is 293 g/mol. The van der Waals surface area contributed by atoms with Gasteiger partial charge in [0.15, 0.2) is 0 Å². The van der Waals surface area contributed by atoms with Crippen LogP contribution in [0, 0.1) is 0 Å². The lowest BCUT2D eigenvalue weighted by Crippen LogP contribution is -1.98. The first-order valence-electron chi connectivity index (χ1n) is 4.15. The normalized spacial score (nSPS) is 10.9. The Morgan fingerprint density at radius 3 is 2.71 bits per heavy atom. The van der Waals surface area contributed by atoms with E-state index in [2.05, 4.69) is 21.2 Å². The summed E-state index contributed by atoms with van der Waals surface area (Å²) in [6.07, 6.45) is 3.98. The fourth-order valence-corrected chi connectivity index (χ4v) is 1.79. The quantitative estimate of drug-likeness (QED) is 0.627. The Morgan fingerprint density at radius 2 is 2.07 bits per heavy atom. The van der Waals surface area contributed by atoms with Gasteiger partial charge in [-0.15, -0.1) is 0 Å². The van der Waals surface area contributed by atoms with Crippen molar-refractivity contribution in [2.45, 2.75) is 6.92 Å². The molecular weight excluding hydrogens is 285 g/mol. The summed E-state index contributed by atoms with van der Waals surface area (Å²) in [5.41, 5.74) is 0.845. The summed E-state index contributed by atoms with van der Waals surface area (Å²) in [7, 11) is 0. The van der Waals surface area contributed by atoms with Crippen molar-refractivity contribution < 1.29 is 0 Å². The average molecular weight is 295 g/mol. The minimum absolute atomic E-state index is 0.539. The number of nitrogens with one attached hydrogen (secondary N) is 1. The fraction of sp³-hybridized carbons (Fsp3) is 0.200. The summed E-state index contributed by atoms with van der Waals surface area (Å²) >= 11 is 15.3. The van der Waals surface area contributed by atoms with Crippen LogP contribution in [0.5, 0.6) is 0 Å². The SMILES string of the molecule is C/C=C/CNc1ccc(Br)c(Cl)c1Cl. The average Bonchev–Trinajstić information content (AvgIpc) is 2.18. The Labute approximate surface area is 102 Å². The molecule has 1 rings (SSSR count). The first-order valence-corrected chi connectivity index (χ1v) is 5.70. The van der Waals surface area contributed by atoms with Crippen LogP contribution >= 0.6 is 39.1 Å². The lowest BCUT2D eigenvalue weighted by molar-refractivity contribution is 1.32. The minimum Gasteiger partial charge on any atom is -0.380 e. The number of hydrogen-bond donors (Lipinski definition) is 1. The molecule has 0 aliphatic rings. The molecule has 1 N–H and O–H groups in total. The molecule has 0 radical (unpaired) electrons. The molecule has 1 aromatic rings. The van der Waals surface area contributed by atoms with E-state index >= 15 is 0 Å². The molecule has 0 aliphatic heterocycles. The third kappa shape index (κ3) is 2.91. The van der Waals surface area contributed by atoms with E-state index < -0.39 is 0 Å². The molecule has 14 heavy (non-hydrogen) atoms. The van der Waals surface area contributed by atoms with E-state index in [1.54, 1.807) is 0 Å². The second kappa shape index (κ2) is 5.64. The van der Waals surface area contributed by atoms with Gasteiger partial charge in [-0.25, -0.2) is 0 Å². The minimum atomic E-state index is 0.539. The van der Waals surface area contributed by atoms with Crippen LogP contribution in [0.4, 0.5) is 5.69 Å². The molecule has 0 fully saturated rings. The molecule has 0 saturated carbocycles. The number of benzene rings is 1. The highest BCUT2D eigenvalue weighted by atomic mass is 79.9. The molecule has 1 nitrogen and oxygen atoms in total. The van der Waals surface area contributed by atoms with Gasteiger partial charge in [0.05, 0.1) is 15.7 Å². The molecule has 0 saturated heterocycles. The van der Waals surface area contributed by atoms with Crippen LogP contribution in [0.2, 0.25) is 10.0 Å². The number of rotatable bonds is 3. The fourth-order valence-electron chi connectivity index (χ4n) is 0.949. The smallest absolute Gasteiger partial charge is 0.0835 e. The maximum atomic E-state index is 6.03. The molecule has 76 valence electrons. The van der Waals surface area contributed by atoms with Crippen LogP contribution in [0.15, 0.2) is 28.8 Å². The Morgan fingerprint density at radius 1 is 1.36 bits per heavy atom. The van der Waals surface area contributed by atoms with Crippen LogP contribution < -0.4 is 5.32 Å². The van der Waals surface area contributed by atoms with Crippen molar-refractivity contribution in [2.75, 3.05) is 11.9 Å². The third-order valence-corrected chi connectivity index (χ3v) is 3.45. The highest BCUT2D eigenvalue weighted by Gasteiger charge is 2.06. The largest absolute Gasteiger partial charge is 0.380 e. The zero-order valence-corrected chi connectivity index (χ0v) is 10.7. The summed E-state index contributed by atoms with van der Waals surface area (Å²) in [4.78, 5) is 0. The van der Waals surface area contributed by atoms with Crippen molar-refractivity contribution in [1.29, 1.82) is 0 Å². The molecule has 0 bridgehead atoms.